The number of imidazole rings is 1. The van der Waals surface area contributed by atoms with Gasteiger partial charge in [-0.1, -0.05) is 6.07 Å². The smallest absolute Gasteiger partial charge is 0.270 e. The third-order valence-corrected chi connectivity index (χ3v) is 5.09. The van der Waals surface area contributed by atoms with E-state index < -0.39 is 0 Å². The van der Waals surface area contributed by atoms with E-state index in [2.05, 4.69) is 20.1 Å². The second kappa shape index (κ2) is 6.15. The van der Waals surface area contributed by atoms with Crippen LogP contribution in [0.3, 0.4) is 0 Å². The first-order chi connectivity index (χ1) is 13.6. The lowest BCUT2D eigenvalue weighted by molar-refractivity contribution is 0.0719. The van der Waals surface area contributed by atoms with E-state index in [0.717, 1.165) is 17.0 Å². The fraction of sp³-hybridized carbons (Fsp3) is 0.211. The number of carbonyl (C=O) groups is 1. The van der Waals surface area contributed by atoms with Gasteiger partial charge >= 0.3 is 0 Å². The summed E-state index contributed by atoms with van der Waals surface area (Å²) < 4.78 is 3.11. The Bertz CT molecular complexity index is 1250. The van der Waals surface area contributed by atoms with Crippen molar-refractivity contribution in [2.75, 3.05) is 6.54 Å². The Morgan fingerprint density at radius 2 is 2.14 bits per heavy atom. The summed E-state index contributed by atoms with van der Waals surface area (Å²) in [6.45, 7) is 0.779. The van der Waals surface area contributed by atoms with E-state index in [-0.39, 0.29) is 22.9 Å². The first-order valence-electron chi connectivity index (χ1n) is 8.88. The highest BCUT2D eigenvalue weighted by molar-refractivity contribution is 5.94. The lowest BCUT2D eigenvalue weighted by Crippen LogP contribution is -2.41. The Kier molecular flexibility index (Phi) is 3.61. The second-order valence-corrected chi connectivity index (χ2v) is 6.86. The Morgan fingerprint density at radius 3 is 2.96 bits per heavy atom. The van der Waals surface area contributed by atoms with E-state index in [4.69, 9.17) is 0 Å². The van der Waals surface area contributed by atoms with Gasteiger partial charge in [0.15, 0.2) is 0 Å². The van der Waals surface area contributed by atoms with Gasteiger partial charge in [0.25, 0.3) is 11.5 Å². The highest BCUT2D eigenvalue weighted by Crippen LogP contribution is 2.31. The van der Waals surface area contributed by atoms with E-state index in [1.54, 1.807) is 46.5 Å². The summed E-state index contributed by atoms with van der Waals surface area (Å²) in [6, 6.07) is 5.26. The van der Waals surface area contributed by atoms with Gasteiger partial charge in [-0.05, 0) is 12.1 Å². The molecule has 1 N–H and O–H groups in total. The van der Waals surface area contributed by atoms with E-state index in [1.165, 1.54) is 10.6 Å². The van der Waals surface area contributed by atoms with Gasteiger partial charge in [-0.15, -0.1) is 0 Å². The molecule has 5 heterocycles. The maximum absolute atomic E-state index is 13.2. The Labute approximate surface area is 159 Å². The zero-order chi connectivity index (χ0) is 19.3. The SMILES string of the molecule is Cn1cc(C2CN(C(=O)c3cnc4ccccn4c3=O)Cc3[nH]cnc32)cn1. The lowest BCUT2D eigenvalue weighted by Gasteiger charge is -2.31. The van der Waals surface area contributed by atoms with Crippen LogP contribution in [0, 0.1) is 0 Å². The Hall–Kier alpha value is -3.75. The zero-order valence-electron chi connectivity index (χ0n) is 15.1. The maximum atomic E-state index is 13.2. The lowest BCUT2D eigenvalue weighted by atomic mass is 9.93. The third kappa shape index (κ3) is 2.51. The zero-order valence-corrected chi connectivity index (χ0v) is 15.1. The van der Waals surface area contributed by atoms with Crippen LogP contribution in [-0.4, -0.2) is 46.5 Å². The van der Waals surface area contributed by atoms with Crippen molar-refractivity contribution in [3.8, 4) is 0 Å². The van der Waals surface area contributed by atoms with Crippen molar-refractivity contribution in [2.45, 2.75) is 12.5 Å². The number of rotatable bonds is 2. The van der Waals surface area contributed by atoms with Crippen LogP contribution in [0.15, 0.2) is 54.1 Å². The average Bonchev–Trinajstić information content (AvgIpc) is 3.36. The summed E-state index contributed by atoms with van der Waals surface area (Å²) in [5, 5.41) is 4.24. The second-order valence-electron chi connectivity index (χ2n) is 6.86. The van der Waals surface area contributed by atoms with E-state index in [9.17, 15) is 9.59 Å². The van der Waals surface area contributed by atoms with Crippen molar-refractivity contribution in [2.24, 2.45) is 7.05 Å². The molecule has 0 aliphatic carbocycles. The minimum Gasteiger partial charge on any atom is -0.347 e. The van der Waals surface area contributed by atoms with Crippen LogP contribution in [0.4, 0.5) is 0 Å². The van der Waals surface area contributed by atoms with Crippen LogP contribution in [0.2, 0.25) is 0 Å². The van der Waals surface area contributed by atoms with Gasteiger partial charge in [0.1, 0.15) is 11.2 Å². The molecule has 0 aromatic carbocycles. The predicted octanol–water partition coefficient (Wildman–Crippen LogP) is 0.939. The minimum atomic E-state index is -0.371. The molecule has 5 rings (SSSR count). The summed E-state index contributed by atoms with van der Waals surface area (Å²) in [6.07, 6.45) is 8.31. The molecule has 0 saturated carbocycles. The van der Waals surface area contributed by atoms with Gasteiger partial charge in [0, 0.05) is 43.7 Å². The number of nitrogens with zero attached hydrogens (tertiary/aromatic N) is 6. The van der Waals surface area contributed by atoms with Crippen molar-refractivity contribution in [1.82, 2.24) is 34.0 Å². The minimum absolute atomic E-state index is 0.0524. The third-order valence-electron chi connectivity index (χ3n) is 5.09. The van der Waals surface area contributed by atoms with E-state index in [1.807, 2.05) is 13.2 Å². The van der Waals surface area contributed by atoms with Crippen LogP contribution in [-0.2, 0) is 13.6 Å². The van der Waals surface area contributed by atoms with Crippen LogP contribution in [0.25, 0.3) is 5.65 Å². The molecular formula is C19H17N7O2. The van der Waals surface area contributed by atoms with Crippen molar-refractivity contribution in [1.29, 1.82) is 0 Å². The molecule has 4 aromatic heterocycles. The molecule has 4 aromatic rings. The van der Waals surface area contributed by atoms with Crippen molar-refractivity contribution >= 4 is 11.6 Å². The number of H-pyrrole nitrogens is 1. The highest BCUT2D eigenvalue weighted by atomic mass is 16.2. The maximum Gasteiger partial charge on any atom is 0.270 e. The van der Waals surface area contributed by atoms with Gasteiger partial charge in [-0.2, -0.15) is 5.10 Å². The molecule has 0 radical (unpaired) electrons. The molecule has 1 aliphatic heterocycles. The molecule has 9 heteroatoms. The monoisotopic (exact) mass is 375 g/mol. The van der Waals surface area contributed by atoms with Gasteiger partial charge in [-0.25, -0.2) is 9.97 Å². The highest BCUT2D eigenvalue weighted by Gasteiger charge is 2.33. The van der Waals surface area contributed by atoms with E-state index in [0.29, 0.717) is 18.7 Å². The fourth-order valence-corrected chi connectivity index (χ4v) is 3.70. The number of aromatic nitrogens is 6. The van der Waals surface area contributed by atoms with Crippen molar-refractivity contribution in [3.63, 3.8) is 0 Å². The standard InChI is InChI=1S/C19H17N7O2/c1-24-8-12(6-23-24)14-9-25(10-15-17(14)22-11-21-15)18(27)13-7-20-16-4-2-3-5-26(16)19(13)28/h2-8,11,14H,9-10H2,1H3,(H,21,22). The molecule has 1 atom stereocenters. The number of hydrogen-bond acceptors (Lipinski definition) is 5. The molecule has 1 aliphatic rings. The quantitative estimate of drug-likeness (QED) is 0.562. The van der Waals surface area contributed by atoms with Crippen LogP contribution >= 0.6 is 0 Å². The summed E-state index contributed by atoms with van der Waals surface area (Å²) in [7, 11) is 1.85. The average molecular weight is 375 g/mol. The number of aromatic amines is 1. The molecule has 0 bridgehead atoms. The summed E-state index contributed by atoms with van der Waals surface area (Å²) >= 11 is 0. The van der Waals surface area contributed by atoms with Gasteiger partial charge < -0.3 is 9.88 Å². The molecule has 0 saturated heterocycles. The number of nitrogens with one attached hydrogen (secondary N) is 1. The molecule has 9 nitrogen and oxygen atoms in total. The van der Waals surface area contributed by atoms with E-state index >= 15 is 0 Å². The molecule has 28 heavy (non-hydrogen) atoms. The first-order valence-corrected chi connectivity index (χ1v) is 8.88. The largest absolute Gasteiger partial charge is 0.347 e. The van der Waals surface area contributed by atoms with Crippen LogP contribution in [0.5, 0.6) is 0 Å². The molecule has 1 amide bonds. The first kappa shape index (κ1) is 16.4. The Balaban J connectivity index is 1.54. The molecule has 140 valence electrons. The summed E-state index contributed by atoms with van der Waals surface area (Å²) in [5.74, 6) is -0.450. The van der Waals surface area contributed by atoms with Crippen LogP contribution in [0.1, 0.15) is 33.2 Å². The van der Waals surface area contributed by atoms with Crippen molar-refractivity contribution in [3.05, 3.63) is 82.2 Å². The van der Waals surface area contributed by atoms with Gasteiger partial charge in [-0.3, -0.25) is 18.7 Å². The fourth-order valence-electron chi connectivity index (χ4n) is 3.70. The molecule has 1 unspecified atom stereocenters. The number of hydrogen-bond donors (Lipinski definition) is 1. The molecule has 0 fully saturated rings. The Morgan fingerprint density at radius 1 is 1.25 bits per heavy atom. The number of pyridine rings is 1. The van der Waals surface area contributed by atoms with Gasteiger partial charge in [0.2, 0.25) is 0 Å². The van der Waals surface area contributed by atoms with Crippen molar-refractivity contribution < 1.29 is 4.79 Å². The summed E-state index contributed by atoms with van der Waals surface area (Å²) in [4.78, 5) is 39.5. The summed E-state index contributed by atoms with van der Waals surface area (Å²) in [5.41, 5.74) is 2.93. The number of amides is 1. The number of aryl methyl sites for hydroxylation is 1. The molecule has 0 spiro atoms. The van der Waals surface area contributed by atoms with Crippen LogP contribution < -0.4 is 5.56 Å². The predicted molar refractivity (Wildman–Crippen MR) is 99.8 cm³/mol. The number of fused-ring (bicyclic) bond motifs is 2. The number of carbonyl (C=O) groups excluding carboxylic acids is 1. The van der Waals surface area contributed by atoms with Gasteiger partial charge in [0.05, 0.1) is 30.5 Å². The molecular weight excluding hydrogens is 358 g/mol. The normalized spacial score (nSPS) is 16.3. The topological polar surface area (TPSA) is 101 Å².